The number of hydrogen-bond acceptors (Lipinski definition) is 2. The van der Waals surface area contributed by atoms with Crippen LogP contribution in [0.15, 0.2) is 30.3 Å². The van der Waals surface area contributed by atoms with Crippen molar-refractivity contribution < 1.29 is 13.9 Å². The minimum Gasteiger partial charge on any atom is -0.489 e. The first-order valence-corrected chi connectivity index (χ1v) is 8.86. The van der Waals surface area contributed by atoms with E-state index >= 15 is 0 Å². The molecule has 0 amide bonds. The number of ketones is 1. The molecule has 2 aromatic carbocycles. The van der Waals surface area contributed by atoms with Crippen LogP contribution < -0.4 is 4.74 Å². The average molecular weight is 361 g/mol. The molecule has 132 valence electrons. The molecule has 2 aromatic rings. The van der Waals surface area contributed by atoms with Crippen LogP contribution in [0, 0.1) is 11.2 Å². The summed E-state index contributed by atoms with van der Waals surface area (Å²) in [7, 11) is 0. The van der Waals surface area contributed by atoms with E-state index in [1.165, 1.54) is 30.2 Å². The Morgan fingerprint density at radius 2 is 2.00 bits per heavy atom. The topological polar surface area (TPSA) is 26.3 Å². The lowest BCUT2D eigenvalue weighted by molar-refractivity contribution is 0.101. The summed E-state index contributed by atoms with van der Waals surface area (Å²) in [5, 5.41) is 0.339. The molecule has 0 N–H and O–H groups in total. The van der Waals surface area contributed by atoms with Gasteiger partial charge in [-0.1, -0.05) is 31.5 Å². The van der Waals surface area contributed by atoms with Crippen molar-refractivity contribution in [3.63, 3.8) is 0 Å². The van der Waals surface area contributed by atoms with Crippen molar-refractivity contribution in [1.82, 2.24) is 0 Å². The fraction of sp³-hybridized carbons (Fsp3) is 0.381. The molecule has 0 aromatic heterocycles. The van der Waals surface area contributed by atoms with E-state index in [9.17, 15) is 9.18 Å². The van der Waals surface area contributed by atoms with E-state index in [1.807, 2.05) is 6.07 Å². The van der Waals surface area contributed by atoms with E-state index in [-0.39, 0.29) is 18.0 Å². The highest BCUT2D eigenvalue weighted by molar-refractivity contribution is 6.31. The Hall–Kier alpha value is -1.87. The second-order valence-electron chi connectivity index (χ2n) is 7.54. The Kier molecular flexibility index (Phi) is 4.88. The summed E-state index contributed by atoms with van der Waals surface area (Å²) in [5.74, 6) is -0.154. The monoisotopic (exact) mass is 360 g/mol. The molecule has 0 heterocycles. The van der Waals surface area contributed by atoms with Crippen molar-refractivity contribution in [3.8, 4) is 5.75 Å². The molecule has 0 aliphatic heterocycles. The van der Waals surface area contributed by atoms with Crippen molar-refractivity contribution >= 4 is 17.4 Å². The maximum absolute atomic E-state index is 14.0. The highest BCUT2D eigenvalue weighted by Crippen LogP contribution is 2.36. The van der Waals surface area contributed by atoms with Crippen LogP contribution in [-0.4, -0.2) is 5.78 Å². The smallest absolute Gasteiger partial charge is 0.162 e. The van der Waals surface area contributed by atoms with E-state index in [1.54, 1.807) is 0 Å². The number of halogens is 2. The molecule has 0 atom stereocenters. The number of carbonyl (C=O) groups excluding carboxylic acids is 1. The van der Waals surface area contributed by atoms with Gasteiger partial charge in [0.1, 0.15) is 18.2 Å². The molecular formula is C21H22ClFO2. The third-order valence-electron chi connectivity index (χ3n) is 4.83. The number of aryl methyl sites for hydroxylation is 1. The molecule has 1 aliphatic carbocycles. The van der Waals surface area contributed by atoms with Crippen LogP contribution in [0.25, 0.3) is 0 Å². The molecule has 0 radical (unpaired) electrons. The van der Waals surface area contributed by atoms with Gasteiger partial charge in [0.25, 0.3) is 0 Å². The summed E-state index contributed by atoms with van der Waals surface area (Å²) in [6, 6.07) is 8.78. The van der Waals surface area contributed by atoms with Gasteiger partial charge in [0, 0.05) is 10.6 Å². The van der Waals surface area contributed by atoms with Crippen molar-refractivity contribution in [2.75, 3.05) is 0 Å². The summed E-state index contributed by atoms with van der Waals surface area (Å²) in [5.41, 5.74) is 3.58. The Balaban J connectivity index is 1.75. The van der Waals surface area contributed by atoms with Gasteiger partial charge in [-0.15, -0.1) is 0 Å². The lowest BCUT2D eigenvalue weighted by Gasteiger charge is -2.31. The van der Waals surface area contributed by atoms with Crippen molar-refractivity contribution in [2.45, 2.75) is 46.6 Å². The number of fused-ring (bicyclic) bond motifs is 1. The Morgan fingerprint density at radius 1 is 1.24 bits per heavy atom. The maximum atomic E-state index is 14.0. The van der Waals surface area contributed by atoms with Gasteiger partial charge in [0.15, 0.2) is 5.78 Å². The molecular weight excluding hydrogens is 339 g/mol. The predicted molar refractivity (Wildman–Crippen MR) is 98.0 cm³/mol. The third-order valence-corrected chi connectivity index (χ3v) is 5.18. The van der Waals surface area contributed by atoms with Gasteiger partial charge in [-0.3, -0.25) is 4.79 Å². The van der Waals surface area contributed by atoms with Crippen molar-refractivity contribution in [3.05, 3.63) is 63.4 Å². The average Bonchev–Trinajstić information content (AvgIpc) is 2.54. The summed E-state index contributed by atoms with van der Waals surface area (Å²) in [4.78, 5) is 11.4. The quantitative estimate of drug-likeness (QED) is 0.646. The minimum atomic E-state index is -0.567. The summed E-state index contributed by atoms with van der Waals surface area (Å²) in [6.07, 6.45) is 3.28. The fourth-order valence-electron chi connectivity index (χ4n) is 3.30. The first-order valence-electron chi connectivity index (χ1n) is 8.49. The van der Waals surface area contributed by atoms with Crippen LogP contribution in [-0.2, 0) is 19.4 Å². The van der Waals surface area contributed by atoms with Gasteiger partial charge in [0.2, 0.25) is 0 Å². The predicted octanol–water partition coefficient (Wildman–Crippen LogP) is 5.78. The van der Waals surface area contributed by atoms with E-state index in [2.05, 4.69) is 26.0 Å². The van der Waals surface area contributed by atoms with E-state index in [0.717, 1.165) is 25.0 Å². The van der Waals surface area contributed by atoms with Gasteiger partial charge < -0.3 is 4.74 Å². The summed E-state index contributed by atoms with van der Waals surface area (Å²) >= 11 is 6.16. The van der Waals surface area contributed by atoms with Gasteiger partial charge in [-0.2, -0.15) is 0 Å². The second-order valence-corrected chi connectivity index (χ2v) is 7.95. The zero-order chi connectivity index (χ0) is 18.2. The second kappa shape index (κ2) is 6.80. The standard InChI is InChI=1S/C21H22ClFO2/c1-13(24)18-10-19(22)16(9-20(18)23)12-25-17-5-4-15-11-21(2,3)7-6-14(15)8-17/h4-5,8-10H,6-7,11-12H2,1-3H3. The molecule has 0 spiro atoms. The molecule has 4 heteroatoms. The van der Waals surface area contributed by atoms with E-state index in [0.29, 0.717) is 16.0 Å². The lowest BCUT2D eigenvalue weighted by atomic mass is 9.74. The van der Waals surface area contributed by atoms with Crippen LogP contribution >= 0.6 is 11.6 Å². The van der Waals surface area contributed by atoms with Gasteiger partial charge in [-0.25, -0.2) is 4.39 Å². The first-order chi connectivity index (χ1) is 11.7. The molecule has 1 aliphatic rings. The lowest BCUT2D eigenvalue weighted by Crippen LogP contribution is -2.22. The normalized spacial score (nSPS) is 15.6. The van der Waals surface area contributed by atoms with Crippen LogP contribution in [0.4, 0.5) is 4.39 Å². The maximum Gasteiger partial charge on any atom is 0.162 e. The molecule has 3 rings (SSSR count). The summed E-state index contributed by atoms with van der Waals surface area (Å²) in [6.45, 7) is 6.07. The number of benzene rings is 2. The van der Waals surface area contributed by atoms with E-state index in [4.69, 9.17) is 16.3 Å². The van der Waals surface area contributed by atoms with Gasteiger partial charge >= 0.3 is 0 Å². The number of Topliss-reactive ketones (excluding diaryl/α,β-unsaturated/α-hetero) is 1. The Bertz CT molecular complexity index is 827. The van der Waals surface area contributed by atoms with Crippen LogP contribution in [0.1, 0.15) is 54.2 Å². The van der Waals surface area contributed by atoms with Crippen molar-refractivity contribution in [2.24, 2.45) is 5.41 Å². The van der Waals surface area contributed by atoms with E-state index < -0.39 is 5.82 Å². The Labute approximate surface area is 153 Å². The molecule has 0 bridgehead atoms. The Morgan fingerprint density at radius 3 is 2.72 bits per heavy atom. The van der Waals surface area contributed by atoms with Crippen LogP contribution in [0.3, 0.4) is 0 Å². The highest BCUT2D eigenvalue weighted by Gasteiger charge is 2.25. The summed E-state index contributed by atoms with van der Waals surface area (Å²) < 4.78 is 19.8. The third kappa shape index (κ3) is 4.04. The minimum absolute atomic E-state index is 0.00476. The zero-order valence-corrected chi connectivity index (χ0v) is 15.5. The largest absolute Gasteiger partial charge is 0.489 e. The molecule has 0 unspecified atom stereocenters. The number of ether oxygens (including phenoxy) is 1. The highest BCUT2D eigenvalue weighted by atomic mass is 35.5. The van der Waals surface area contributed by atoms with Crippen molar-refractivity contribution in [1.29, 1.82) is 0 Å². The molecule has 0 saturated heterocycles. The van der Waals surface area contributed by atoms with Gasteiger partial charge in [0.05, 0.1) is 5.56 Å². The molecule has 0 saturated carbocycles. The van der Waals surface area contributed by atoms with Crippen LogP contribution in [0.5, 0.6) is 5.75 Å². The zero-order valence-electron chi connectivity index (χ0n) is 14.8. The van der Waals surface area contributed by atoms with Gasteiger partial charge in [-0.05, 0) is 67.0 Å². The SMILES string of the molecule is CC(=O)c1cc(Cl)c(COc2ccc3c(c2)CCC(C)(C)C3)cc1F. The molecule has 2 nitrogen and oxygen atoms in total. The number of rotatable bonds is 4. The fourth-order valence-corrected chi connectivity index (χ4v) is 3.52. The van der Waals surface area contributed by atoms with Crippen LogP contribution in [0.2, 0.25) is 5.02 Å². The molecule has 25 heavy (non-hydrogen) atoms. The number of hydrogen-bond donors (Lipinski definition) is 0. The molecule has 0 fully saturated rings. The number of carbonyl (C=O) groups is 1. The first kappa shape index (κ1) is 17.9.